The average Bonchev–Trinajstić information content (AvgIpc) is 3.09. The first-order valence-corrected chi connectivity index (χ1v) is 11.7. The predicted octanol–water partition coefficient (Wildman–Crippen LogP) is 3.12. The number of benzene rings is 2. The van der Waals surface area contributed by atoms with Crippen LogP contribution in [0.25, 0.3) is 16.7 Å². The fraction of sp³-hybridized carbons (Fsp3) is 0.217. The molecule has 0 saturated carbocycles. The molecule has 0 amide bonds. The fourth-order valence-corrected chi connectivity index (χ4v) is 4.24. The summed E-state index contributed by atoms with van der Waals surface area (Å²) in [5.74, 6) is -0.680. The molecule has 2 aromatic carbocycles. The molecule has 36 heavy (non-hydrogen) atoms. The van der Waals surface area contributed by atoms with E-state index < -0.39 is 22.1 Å². The number of hydrogen-bond acceptors (Lipinski definition) is 7. The van der Waals surface area contributed by atoms with Gasteiger partial charge < -0.3 is 5.11 Å². The quantitative estimate of drug-likeness (QED) is 0.211. The SMILES string of the molecule is CCn1c(=O)n(CC)c2cc([N+](=O)[O-])c(N=Cc3c(O)n(-c4ccc(Br)c(C)c4)c(=O)[nH]c3=O)cc21. The van der Waals surface area contributed by atoms with Gasteiger partial charge in [-0.05, 0) is 50.6 Å². The van der Waals surface area contributed by atoms with E-state index in [0.717, 1.165) is 20.8 Å². The Balaban J connectivity index is 1.93. The smallest absolute Gasteiger partial charge is 0.335 e. The average molecular weight is 557 g/mol. The summed E-state index contributed by atoms with van der Waals surface area (Å²) in [4.78, 5) is 55.0. The summed E-state index contributed by atoms with van der Waals surface area (Å²) in [5.41, 5.74) is -1.07. The molecule has 0 atom stereocenters. The van der Waals surface area contributed by atoms with Crippen LogP contribution in [0.4, 0.5) is 11.4 Å². The zero-order chi connectivity index (χ0) is 26.3. The van der Waals surface area contributed by atoms with Gasteiger partial charge in [-0.15, -0.1) is 0 Å². The van der Waals surface area contributed by atoms with Gasteiger partial charge in [0.05, 0.1) is 21.6 Å². The van der Waals surface area contributed by atoms with Gasteiger partial charge in [-0.3, -0.25) is 29.0 Å². The van der Waals surface area contributed by atoms with E-state index in [1.807, 2.05) is 0 Å². The Kier molecular flexibility index (Phi) is 6.50. The minimum Gasteiger partial charge on any atom is -0.493 e. The molecule has 12 nitrogen and oxygen atoms in total. The summed E-state index contributed by atoms with van der Waals surface area (Å²) < 4.78 is 4.57. The lowest BCUT2D eigenvalue weighted by atomic mass is 10.2. The van der Waals surface area contributed by atoms with Crippen molar-refractivity contribution < 1.29 is 10.0 Å². The number of fused-ring (bicyclic) bond motifs is 1. The molecule has 186 valence electrons. The highest BCUT2D eigenvalue weighted by atomic mass is 79.9. The van der Waals surface area contributed by atoms with Crippen molar-refractivity contribution in [2.24, 2.45) is 4.99 Å². The highest BCUT2D eigenvalue weighted by molar-refractivity contribution is 9.10. The fourth-order valence-electron chi connectivity index (χ4n) is 4.00. The molecular formula is C23H21BrN6O6. The summed E-state index contributed by atoms with van der Waals surface area (Å²) in [6.45, 7) is 5.98. The molecule has 0 saturated heterocycles. The van der Waals surface area contributed by atoms with Crippen LogP contribution in [-0.2, 0) is 13.1 Å². The molecule has 0 radical (unpaired) electrons. The summed E-state index contributed by atoms with van der Waals surface area (Å²) in [5, 5.41) is 22.6. The Bertz CT molecular complexity index is 1740. The van der Waals surface area contributed by atoms with Crippen LogP contribution >= 0.6 is 15.9 Å². The van der Waals surface area contributed by atoms with E-state index in [0.29, 0.717) is 29.8 Å². The number of nitro groups is 1. The minimum atomic E-state index is -0.919. The monoisotopic (exact) mass is 556 g/mol. The van der Waals surface area contributed by atoms with Gasteiger partial charge in [0.15, 0.2) is 0 Å². The predicted molar refractivity (Wildman–Crippen MR) is 138 cm³/mol. The van der Waals surface area contributed by atoms with Gasteiger partial charge in [0.25, 0.3) is 11.2 Å². The Morgan fingerprint density at radius 1 is 1.11 bits per heavy atom. The first-order valence-electron chi connectivity index (χ1n) is 10.9. The number of aromatic amines is 1. The number of halogens is 1. The minimum absolute atomic E-state index is 0.126. The normalized spacial score (nSPS) is 11.6. The lowest BCUT2D eigenvalue weighted by Gasteiger charge is -2.11. The molecule has 0 spiro atoms. The van der Waals surface area contributed by atoms with E-state index in [1.165, 1.54) is 21.3 Å². The summed E-state index contributed by atoms with van der Waals surface area (Å²) in [6, 6.07) is 7.53. The zero-order valence-electron chi connectivity index (χ0n) is 19.5. The zero-order valence-corrected chi connectivity index (χ0v) is 21.1. The van der Waals surface area contributed by atoms with Crippen molar-refractivity contribution in [2.45, 2.75) is 33.9 Å². The number of nitrogens with one attached hydrogen (secondary N) is 1. The number of imidazole rings is 1. The van der Waals surface area contributed by atoms with Crippen molar-refractivity contribution in [3.8, 4) is 11.6 Å². The van der Waals surface area contributed by atoms with Gasteiger partial charge in [0.2, 0.25) is 5.88 Å². The summed E-state index contributed by atoms with van der Waals surface area (Å²) in [7, 11) is 0. The van der Waals surface area contributed by atoms with E-state index in [4.69, 9.17) is 0 Å². The van der Waals surface area contributed by atoms with Crippen molar-refractivity contribution >= 4 is 44.6 Å². The second kappa shape index (κ2) is 9.41. The number of nitrogens with zero attached hydrogens (tertiary/aromatic N) is 5. The van der Waals surface area contributed by atoms with Crippen LogP contribution < -0.4 is 16.9 Å². The Hall–Kier alpha value is -4.26. The van der Waals surface area contributed by atoms with Crippen LogP contribution in [0.15, 0.2) is 54.2 Å². The van der Waals surface area contributed by atoms with Gasteiger partial charge in [-0.1, -0.05) is 15.9 Å². The molecule has 0 unspecified atom stereocenters. The van der Waals surface area contributed by atoms with Crippen LogP contribution in [0.2, 0.25) is 0 Å². The van der Waals surface area contributed by atoms with E-state index in [-0.39, 0.29) is 22.6 Å². The maximum absolute atomic E-state index is 12.7. The number of rotatable bonds is 6. The molecule has 0 fully saturated rings. The van der Waals surface area contributed by atoms with Gasteiger partial charge in [-0.25, -0.2) is 19.1 Å². The Morgan fingerprint density at radius 3 is 2.33 bits per heavy atom. The van der Waals surface area contributed by atoms with Gasteiger partial charge in [-0.2, -0.15) is 0 Å². The van der Waals surface area contributed by atoms with Crippen molar-refractivity contribution in [3.05, 3.63) is 87.4 Å². The molecule has 0 aliphatic rings. The molecule has 0 bridgehead atoms. The Labute approximate surface area is 211 Å². The number of aromatic nitrogens is 4. The second-order valence-electron chi connectivity index (χ2n) is 7.88. The topological polar surface area (TPSA) is 158 Å². The first-order chi connectivity index (χ1) is 17.1. The van der Waals surface area contributed by atoms with Crippen LogP contribution in [0.5, 0.6) is 5.88 Å². The number of aromatic hydroxyl groups is 1. The summed E-state index contributed by atoms with van der Waals surface area (Å²) in [6.07, 6.45) is 0.954. The van der Waals surface area contributed by atoms with E-state index >= 15 is 0 Å². The van der Waals surface area contributed by atoms with E-state index in [9.17, 15) is 29.6 Å². The highest BCUT2D eigenvalue weighted by Gasteiger charge is 2.21. The van der Waals surface area contributed by atoms with Crippen molar-refractivity contribution in [1.82, 2.24) is 18.7 Å². The third-order valence-electron chi connectivity index (χ3n) is 5.80. The number of aliphatic imine (C=N–C) groups is 1. The molecule has 13 heteroatoms. The Morgan fingerprint density at radius 2 is 1.75 bits per heavy atom. The number of nitro benzene ring substituents is 1. The lowest BCUT2D eigenvalue weighted by molar-refractivity contribution is -0.383. The maximum atomic E-state index is 12.7. The number of hydrogen-bond donors (Lipinski definition) is 2. The number of H-pyrrole nitrogens is 1. The van der Waals surface area contributed by atoms with E-state index in [2.05, 4.69) is 25.9 Å². The molecule has 0 aliphatic heterocycles. The molecular weight excluding hydrogens is 536 g/mol. The van der Waals surface area contributed by atoms with Crippen molar-refractivity contribution in [3.63, 3.8) is 0 Å². The largest absolute Gasteiger partial charge is 0.493 e. The van der Waals surface area contributed by atoms with E-state index in [1.54, 1.807) is 39.0 Å². The van der Waals surface area contributed by atoms with Crippen LogP contribution in [0.3, 0.4) is 0 Å². The molecule has 4 aromatic rings. The second-order valence-corrected chi connectivity index (χ2v) is 8.74. The third-order valence-corrected chi connectivity index (χ3v) is 6.69. The van der Waals surface area contributed by atoms with Gasteiger partial charge in [0.1, 0.15) is 11.3 Å². The van der Waals surface area contributed by atoms with Crippen LogP contribution in [0.1, 0.15) is 25.0 Å². The molecule has 4 rings (SSSR count). The third kappa shape index (κ3) is 4.06. The first kappa shape index (κ1) is 24.9. The van der Waals surface area contributed by atoms with Crippen molar-refractivity contribution in [1.29, 1.82) is 0 Å². The van der Waals surface area contributed by atoms with Crippen molar-refractivity contribution in [2.75, 3.05) is 0 Å². The molecule has 2 N–H and O–H groups in total. The van der Waals surface area contributed by atoms with Gasteiger partial charge in [0, 0.05) is 29.8 Å². The van der Waals surface area contributed by atoms with Gasteiger partial charge >= 0.3 is 11.4 Å². The standard InChI is InChI=1S/C23H21BrN6O6/c1-4-27-18-9-16(17(30(35)36)10-19(18)28(5-2)23(27)34)25-11-14-20(31)26-22(33)29(21(14)32)13-6-7-15(24)12(3)8-13/h6-11,32H,4-5H2,1-3H3,(H,26,31,33). The molecule has 2 heterocycles. The highest BCUT2D eigenvalue weighted by Crippen LogP contribution is 2.32. The van der Waals surface area contributed by atoms with Crippen LogP contribution in [-0.4, -0.2) is 34.9 Å². The maximum Gasteiger partial charge on any atom is 0.335 e. The molecule has 2 aromatic heterocycles. The number of aryl methyl sites for hydroxylation is 3. The van der Waals surface area contributed by atoms with Crippen LogP contribution in [0, 0.1) is 17.0 Å². The lowest BCUT2D eigenvalue weighted by Crippen LogP contribution is -2.31. The summed E-state index contributed by atoms with van der Waals surface area (Å²) >= 11 is 3.37. The molecule has 0 aliphatic carbocycles.